The summed E-state index contributed by atoms with van der Waals surface area (Å²) in [4.78, 5) is 22.1. The smallest absolute Gasteiger partial charge is 0.370 e. The largest absolute Gasteiger partial charge is 0.478 e. The van der Waals surface area contributed by atoms with Gasteiger partial charge in [-0.05, 0) is 18.9 Å². The van der Waals surface area contributed by atoms with Crippen molar-refractivity contribution in [2.45, 2.75) is 63.9 Å². The molecule has 1 rings (SSSR count). The normalized spacial score (nSPS) is 21.8. The molecular weight excluding hydrogens is 248 g/mol. The van der Waals surface area contributed by atoms with Crippen molar-refractivity contribution in [1.82, 2.24) is 0 Å². The second kappa shape index (κ2) is 7.16. The summed E-state index contributed by atoms with van der Waals surface area (Å²) in [6.45, 7) is 2.14. The van der Waals surface area contributed by atoms with Crippen molar-refractivity contribution < 1.29 is 24.5 Å². The minimum atomic E-state index is -1.36. The van der Waals surface area contributed by atoms with Gasteiger partial charge in [0.05, 0.1) is 0 Å². The predicted octanol–water partition coefficient (Wildman–Crippen LogP) is 2.95. The third-order valence-electron chi connectivity index (χ3n) is 3.46. The van der Waals surface area contributed by atoms with Gasteiger partial charge in [0.25, 0.3) is 0 Å². The van der Waals surface area contributed by atoms with E-state index in [2.05, 4.69) is 6.92 Å². The number of ether oxygens (including phenoxy) is 1. The fraction of sp³-hybridized carbons (Fsp3) is 0.714. The van der Waals surface area contributed by atoms with Crippen LogP contribution < -0.4 is 0 Å². The average Bonchev–Trinajstić information content (AvgIpc) is 2.79. The summed E-state index contributed by atoms with van der Waals surface area (Å²) < 4.78 is 5.16. The van der Waals surface area contributed by atoms with Crippen LogP contribution in [0, 0.1) is 0 Å². The second-order valence-electron chi connectivity index (χ2n) is 5.00. The van der Waals surface area contributed by atoms with Crippen molar-refractivity contribution in [2.75, 3.05) is 0 Å². The Bertz CT molecular complexity index is 361. The Labute approximate surface area is 113 Å². The van der Waals surface area contributed by atoms with Crippen LogP contribution in [-0.2, 0) is 14.3 Å². The van der Waals surface area contributed by atoms with Gasteiger partial charge in [-0.3, -0.25) is 0 Å². The number of aliphatic carboxylic acids is 2. The molecule has 1 aliphatic heterocycles. The Kier molecular flexibility index (Phi) is 5.86. The molecule has 5 heteroatoms. The first kappa shape index (κ1) is 15.5. The highest BCUT2D eigenvalue weighted by molar-refractivity contribution is 5.87. The molecule has 0 spiro atoms. The number of unbranched alkanes of at least 4 members (excludes halogenated alkanes) is 5. The minimum absolute atomic E-state index is 0.138. The molecule has 0 saturated carbocycles. The quantitative estimate of drug-likeness (QED) is 0.629. The lowest BCUT2D eigenvalue weighted by molar-refractivity contribution is -0.161. The first-order valence-corrected chi connectivity index (χ1v) is 6.87. The highest BCUT2D eigenvalue weighted by Crippen LogP contribution is 2.33. The zero-order chi connectivity index (χ0) is 14.3. The van der Waals surface area contributed by atoms with Crippen LogP contribution in [0.2, 0.25) is 0 Å². The highest BCUT2D eigenvalue weighted by atomic mass is 16.6. The molecule has 0 amide bonds. The molecule has 1 atom stereocenters. The Balaban J connectivity index is 2.39. The van der Waals surface area contributed by atoms with Crippen molar-refractivity contribution in [3.63, 3.8) is 0 Å². The molecule has 0 saturated heterocycles. The fourth-order valence-corrected chi connectivity index (χ4v) is 2.26. The fourth-order valence-electron chi connectivity index (χ4n) is 2.26. The van der Waals surface area contributed by atoms with Crippen molar-refractivity contribution >= 4 is 11.9 Å². The summed E-state index contributed by atoms with van der Waals surface area (Å²) in [7, 11) is 0. The lowest BCUT2D eigenvalue weighted by atomic mass is 9.93. The molecule has 0 aromatic carbocycles. The van der Waals surface area contributed by atoms with E-state index in [1.54, 1.807) is 0 Å². The number of carbonyl (C=O) groups is 2. The third kappa shape index (κ3) is 4.26. The van der Waals surface area contributed by atoms with Crippen LogP contribution in [0.3, 0.4) is 0 Å². The molecule has 5 nitrogen and oxygen atoms in total. The van der Waals surface area contributed by atoms with Gasteiger partial charge in [-0.25, -0.2) is 9.59 Å². The predicted molar refractivity (Wildman–Crippen MR) is 69.8 cm³/mol. The van der Waals surface area contributed by atoms with E-state index in [0.717, 1.165) is 25.7 Å². The van der Waals surface area contributed by atoms with Crippen LogP contribution in [0.15, 0.2) is 11.8 Å². The van der Waals surface area contributed by atoms with E-state index in [4.69, 9.17) is 9.84 Å². The summed E-state index contributed by atoms with van der Waals surface area (Å²) in [5.41, 5.74) is -1.36. The molecule has 1 aliphatic rings. The van der Waals surface area contributed by atoms with Gasteiger partial charge in [-0.15, -0.1) is 0 Å². The maximum Gasteiger partial charge on any atom is 0.370 e. The van der Waals surface area contributed by atoms with Gasteiger partial charge in [-0.1, -0.05) is 39.0 Å². The van der Waals surface area contributed by atoms with E-state index in [1.165, 1.54) is 18.9 Å². The Morgan fingerprint density at radius 2 is 1.84 bits per heavy atom. The van der Waals surface area contributed by atoms with Crippen LogP contribution in [0.25, 0.3) is 0 Å². The summed E-state index contributed by atoms with van der Waals surface area (Å²) in [5, 5.41) is 18.1. The van der Waals surface area contributed by atoms with Crippen molar-refractivity contribution in [1.29, 1.82) is 0 Å². The van der Waals surface area contributed by atoms with Crippen molar-refractivity contribution in [3.8, 4) is 0 Å². The molecule has 0 aliphatic carbocycles. The molecule has 2 N–H and O–H groups in total. The van der Waals surface area contributed by atoms with Gasteiger partial charge < -0.3 is 14.9 Å². The molecule has 0 aromatic rings. The summed E-state index contributed by atoms with van der Waals surface area (Å²) in [6, 6.07) is 0. The molecule has 108 valence electrons. The first-order chi connectivity index (χ1) is 9.02. The molecule has 0 bridgehead atoms. The molecule has 0 radical (unpaired) electrons. The molecule has 0 fully saturated rings. The third-order valence-corrected chi connectivity index (χ3v) is 3.46. The van der Waals surface area contributed by atoms with Crippen LogP contribution in [0.5, 0.6) is 0 Å². The highest BCUT2D eigenvalue weighted by Gasteiger charge is 2.45. The number of carboxylic acid groups (broad SMARTS) is 2. The van der Waals surface area contributed by atoms with Crippen molar-refractivity contribution in [2.24, 2.45) is 0 Å². The van der Waals surface area contributed by atoms with Crippen molar-refractivity contribution in [3.05, 3.63) is 11.8 Å². The molecular formula is C14H22O5. The Morgan fingerprint density at radius 3 is 2.37 bits per heavy atom. The van der Waals surface area contributed by atoms with Gasteiger partial charge in [0, 0.05) is 6.42 Å². The zero-order valence-electron chi connectivity index (χ0n) is 11.4. The van der Waals surface area contributed by atoms with Gasteiger partial charge >= 0.3 is 11.9 Å². The number of hydrogen-bond acceptors (Lipinski definition) is 3. The molecule has 1 unspecified atom stereocenters. The van der Waals surface area contributed by atoms with Crippen LogP contribution >= 0.6 is 0 Å². The first-order valence-electron chi connectivity index (χ1n) is 6.87. The number of carboxylic acids is 2. The maximum absolute atomic E-state index is 11.3. The maximum atomic E-state index is 11.3. The van der Waals surface area contributed by atoms with E-state index >= 15 is 0 Å². The van der Waals surface area contributed by atoms with Gasteiger partial charge in [0.2, 0.25) is 11.4 Å². The number of hydrogen-bond donors (Lipinski definition) is 2. The number of rotatable bonds is 9. The molecule has 19 heavy (non-hydrogen) atoms. The van der Waals surface area contributed by atoms with Gasteiger partial charge in [-0.2, -0.15) is 0 Å². The Morgan fingerprint density at radius 1 is 1.21 bits per heavy atom. The lowest BCUT2D eigenvalue weighted by Crippen LogP contribution is -2.38. The standard InChI is InChI=1S/C14H22O5/c1-2-3-4-5-6-7-9-14(13(17)18)10-8-11(19-14)12(15)16/h8H,2-7,9-10H2,1H3,(H,15,16)(H,17,18). The van der Waals surface area contributed by atoms with Crippen LogP contribution in [0.4, 0.5) is 0 Å². The topological polar surface area (TPSA) is 83.8 Å². The summed E-state index contributed by atoms with van der Waals surface area (Å²) >= 11 is 0. The van der Waals surface area contributed by atoms with Gasteiger partial charge in [0.15, 0.2) is 0 Å². The SMILES string of the molecule is CCCCCCCCC1(C(=O)O)CC=C(C(=O)O)O1. The summed E-state index contributed by atoms with van der Waals surface area (Å²) in [5.74, 6) is -2.52. The van der Waals surface area contributed by atoms with Crippen LogP contribution in [0.1, 0.15) is 58.3 Å². The molecule has 0 aromatic heterocycles. The van der Waals surface area contributed by atoms with Gasteiger partial charge in [0.1, 0.15) is 0 Å². The molecule has 1 heterocycles. The average molecular weight is 270 g/mol. The second-order valence-corrected chi connectivity index (χ2v) is 5.00. The van der Waals surface area contributed by atoms with Crippen LogP contribution in [-0.4, -0.2) is 27.8 Å². The minimum Gasteiger partial charge on any atom is -0.478 e. The van der Waals surface area contributed by atoms with E-state index < -0.39 is 17.5 Å². The van der Waals surface area contributed by atoms with E-state index in [1.807, 2.05) is 0 Å². The van der Waals surface area contributed by atoms with E-state index in [-0.39, 0.29) is 12.2 Å². The van der Waals surface area contributed by atoms with E-state index in [0.29, 0.717) is 6.42 Å². The summed E-state index contributed by atoms with van der Waals surface area (Å²) in [6.07, 6.45) is 8.18. The zero-order valence-corrected chi connectivity index (χ0v) is 11.4. The lowest BCUT2D eigenvalue weighted by Gasteiger charge is -2.24. The monoisotopic (exact) mass is 270 g/mol. The van der Waals surface area contributed by atoms with E-state index in [9.17, 15) is 14.7 Å². The Hall–Kier alpha value is -1.52.